The molecular formula is C29H33N6O6. The molecule has 12 heteroatoms. The van der Waals surface area contributed by atoms with Gasteiger partial charge in [0.2, 0.25) is 24.0 Å². The third kappa shape index (κ3) is 11.7. The van der Waals surface area contributed by atoms with Gasteiger partial charge in [-0.3, -0.25) is 19.2 Å². The molecule has 0 unspecified atom stereocenters. The average molecular weight is 562 g/mol. The molecule has 3 aromatic rings. The van der Waals surface area contributed by atoms with Crippen LogP contribution in [0.3, 0.4) is 0 Å². The molecule has 0 saturated heterocycles. The number of imidazole rings is 1. The van der Waals surface area contributed by atoms with E-state index in [1.165, 1.54) is 6.33 Å². The van der Waals surface area contributed by atoms with Crippen LogP contribution in [0.4, 0.5) is 4.79 Å². The SMILES string of the molecule is O=[C][C@H](Cc1c[nH]cn1)NC(=O)[C@H](Cc1ccccc1)NC(=O)CNC(=O)CCCNC(=O)OCc1ccccc1. The molecule has 2 atom stereocenters. The maximum atomic E-state index is 13.0. The molecule has 12 nitrogen and oxygen atoms in total. The summed E-state index contributed by atoms with van der Waals surface area (Å²) >= 11 is 0. The zero-order valence-corrected chi connectivity index (χ0v) is 22.4. The number of hydrogen-bond donors (Lipinski definition) is 5. The number of H-pyrrole nitrogens is 1. The van der Waals surface area contributed by atoms with Crippen LogP contribution < -0.4 is 21.3 Å². The van der Waals surface area contributed by atoms with Crippen LogP contribution in [-0.4, -0.2) is 65.2 Å². The normalized spacial score (nSPS) is 11.9. The van der Waals surface area contributed by atoms with Crippen molar-refractivity contribution < 1.29 is 28.7 Å². The van der Waals surface area contributed by atoms with Crippen LogP contribution in [0, 0.1) is 0 Å². The molecule has 1 heterocycles. The Balaban J connectivity index is 1.40. The highest BCUT2D eigenvalue weighted by Crippen LogP contribution is 2.05. The molecule has 0 saturated carbocycles. The Bertz CT molecular complexity index is 1250. The molecule has 0 aliphatic heterocycles. The summed E-state index contributed by atoms with van der Waals surface area (Å²) in [6, 6.07) is 16.4. The smallest absolute Gasteiger partial charge is 0.407 e. The van der Waals surface area contributed by atoms with Crippen LogP contribution in [-0.2, 0) is 43.4 Å². The van der Waals surface area contributed by atoms with Crippen molar-refractivity contribution in [1.82, 2.24) is 31.2 Å². The predicted molar refractivity (Wildman–Crippen MR) is 149 cm³/mol. The minimum atomic E-state index is -0.997. The Hall–Kier alpha value is -5.00. The van der Waals surface area contributed by atoms with Crippen LogP contribution in [0.5, 0.6) is 0 Å². The summed E-state index contributed by atoms with van der Waals surface area (Å²) in [4.78, 5) is 67.8. The number of alkyl carbamates (subject to hydrolysis) is 1. The van der Waals surface area contributed by atoms with Crippen molar-refractivity contribution in [2.24, 2.45) is 0 Å². The maximum absolute atomic E-state index is 13.0. The molecule has 1 aromatic heterocycles. The summed E-state index contributed by atoms with van der Waals surface area (Å²) in [5.74, 6) is -1.53. The van der Waals surface area contributed by atoms with E-state index < -0.39 is 35.9 Å². The molecule has 1 radical (unpaired) electrons. The van der Waals surface area contributed by atoms with Gasteiger partial charge in [-0.2, -0.15) is 0 Å². The number of hydrogen-bond acceptors (Lipinski definition) is 7. The number of nitrogens with one attached hydrogen (secondary N) is 5. The molecule has 0 aliphatic rings. The van der Waals surface area contributed by atoms with Crippen LogP contribution >= 0.6 is 0 Å². The van der Waals surface area contributed by atoms with Gasteiger partial charge in [0.1, 0.15) is 18.7 Å². The lowest BCUT2D eigenvalue weighted by atomic mass is 10.0. The van der Waals surface area contributed by atoms with Gasteiger partial charge < -0.3 is 31.0 Å². The lowest BCUT2D eigenvalue weighted by Crippen LogP contribution is -2.53. The number of nitrogens with zero attached hydrogens (tertiary/aromatic N) is 1. The summed E-state index contributed by atoms with van der Waals surface area (Å²) in [7, 11) is 0. The molecule has 41 heavy (non-hydrogen) atoms. The van der Waals surface area contributed by atoms with Crippen molar-refractivity contribution in [2.45, 2.75) is 44.4 Å². The topological polar surface area (TPSA) is 171 Å². The molecule has 5 N–H and O–H groups in total. The number of carbonyl (C=O) groups is 4. The van der Waals surface area contributed by atoms with Crippen LogP contribution in [0.2, 0.25) is 0 Å². The molecule has 0 fully saturated rings. The van der Waals surface area contributed by atoms with E-state index in [1.807, 2.05) is 60.7 Å². The average Bonchev–Trinajstić information content (AvgIpc) is 3.50. The van der Waals surface area contributed by atoms with E-state index in [0.29, 0.717) is 12.1 Å². The van der Waals surface area contributed by atoms with Crippen molar-refractivity contribution in [2.75, 3.05) is 13.1 Å². The van der Waals surface area contributed by atoms with Gasteiger partial charge in [-0.05, 0) is 17.5 Å². The van der Waals surface area contributed by atoms with Crippen LogP contribution in [0.1, 0.15) is 29.7 Å². The van der Waals surface area contributed by atoms with Gasteiger partial charge in [-0.15, -0.1) is 0 Å². The molecule has 4 amide bonds. The second kappa shape index (κ2) is 16.9. The van der Waals surface area contributed by atoms with Gasteiger partial charge in [-0.1, -0.05) is 60.7 Å². The lowest BCUT2D eigenvalue weighted by Gasteiger charge is -2.21. The maximum Gasteiger partial charge on any atom is 0.407 e. The van der Waals surface area contributed by atoms with Gasteiger partial charge in [0.15, 0.2) is 0 Å². The standard InChI is InChI=1S/C29H33N6O6/c36-18-24(15-23-16-30-20-33-23)34-28(39)25(14-21-8-3-1-4-9-21)35-27(38)17-32-26(37)12-7-13-31-29(40)41-19-22-10-5-2-6-11-22/h1-6,8-11,16,20,24-25H,7,12-15,17,19H2,(H,30,33)(H,31,40)(H,32,37)(H,34,39)(H,35,38)/t24-,25-/m0/s1. The van der Waals surface area contributed by atoms with Gasteiger partial charge >= 0.3 is 6.09 Å². The number of amides is 4. The lowest BCUT2D eigenvalue weighted by molar-refractivity contribution is -0.130. The van der Waals surface area contributed by atoms with Crippen molar-refractivity contribution in [1.29, 1.82) is 0 Å². The Labute approximate surface area is 237 Å². The van der Waals surface area contributed by atoms with Crippen molar-refractivity contribution >= 4 is 30.1 Å². The van der Waals surface area contributed by atoms with Gasteiger partial charge in [0.05, 0.1) is 18.6 Å². The highest BCUT2D eigenvalue weighted by atomic mass is 16.5. The third-order valence-corrected chi connectivity index (χ3v) is 5.87. The van der Waals surface area contributed by atoms with Crippen molar-refractivity contribution in [3.05, 3.63) is 90.0 Å². The number of rotatable bonds is 16. The van der Waals surface area contributed by atoms with Gasteiger partial charge in [0, 0.05) is 32.0 Å². The van der Waals surface area contributed by atoms with Crippen LogP contribution in [0.25, 0.3) is 0 Å². The zero-order valence-electron chi connectivity index (χ0n) is 22.4. The number of benzene rings is 2. The molecule has 0 aliphatic carbocycles. The number of aromatic nitrogens is 2. The summed E-state index contributed by atoms with van der Waals surface area (Å²) in [6.07, 6.45) is 5.00. The number of ether oxygens (including phenoxy) is 1. The Kier molecular flexibility index (Phi) is 12.6. The zero-order chi connectivity index (χ0) is 29.3. The molecule has 3 rings (SSSR count). The van der Waals surface area contributed by atoms with E-state index in [2.05, 4.69) is 31.2 Å². The van der Waals surface area contributed by atoms with E-state index >= 15 is 0 Å². The Morgan fingerprint density at radius 2 is 1.59 bits per heavy atom. The molecule has 215 valence electrons. The second-order valence-electron chi connectivity index (χ2n) is 9.12. The molecule has 2 aromatic carbocycles. The first-order valence-electron chi connectivity index (χ1n) is 13.1. The quantitative estimate of drug-likeness (QED) is 0.163. The van der Waals surface area contributed by atoms with E-state index in [-0.39, 0.29) is 39.0 Å². The first-order chi connectivity index (χ1) is 19.9. The minimum Gasteiger partial charge on any atom is -0.445 e. The Morgan fingerprint density at radius 1 is 0.878 bits per heavy atom. The fraction of sp³-hybridized carbons (Fsp3) is 0.310. The molecule has 0 bridgehead atoms. The van der Waals surface area contributed by atoms with Crippen LogP contribution in [0.15, 0.2) is 73.2 Å². The highest BCUT2D eigenvalue weighted by Gasteiger charge is 2.24. The number of aromatic amines is 1. The molecule has 0 spiro atoms. The van der Waals surface area contributed by atoms with Crippen molar-refractivity contribution in [3.8, 4) is 0 Å². The van der Waals surface area contributed by atoms with Crippen molar-refractivity contribution in [3.63, 3.8) is 0 Å². The monoisotopic (exact) mass is 561 g/mol. The summed E-state index contributed by atoms with van der Waals surface area (Å²) in [6.45, 7) is 0.0178. The summed E-state index contributed by atoms with van der Waals surface area (Å²) in [5.41, 5.74) is 2.23. The first-order valence-corrected chi connectivity index (χ1v) is 13.1. The van der Waals surface area contributed by atoms with Gasteiger partial charge in [-0.25, -0.2) is 9.78 Å². The van der Waals surface area contributed by atoms with E-state index in [0.717, 1.165) is 11.1 Å². The van der Waals surface area contributed by atoms with E-state index in [4.69, 9.17) is 4.74 Å². The first kappa shape index (κ1) is 30.5. The highest BCUT2D eigenvalue weighted by molar-refractivity contribution is 5.91. The van der Waals surface area contributed by atoms with E-state index in [9.17, 15) is 24.0 Å². The second-order valence-corrected chi connectivity index (χ2v) is 9.12. The fourth-order valence-electron chi connectivity index (χ4n) is 3.79. The van der Waals surface area contributed by atoms with E-state index in [1.54, 1.807) is 12.5 Å². The minimum absolute atomic E-state index is 0.0736. The number of carbonyl (C=O) groups excluding carboxylic acids is 5. The Morgan fingerprint density at radius 3 is 2.24 bits per heavy atom. The third-order valence-electron chi connectivity index (χ3n) is 5.87. The van der Waals surface area contributed by atoms with Gasteiger partial charge in [0.25, 0.3) is 0 Å². The summed E-state index contributed by atoms with van der Waals surface area (Å²) in [5, 5.41) is 10.3. The largest absolute Gasteiger partial charge is 0.445 e. The predicted octanol–water partition coefficient (Wildman–Crippen LogP) is 1.10. The molecular weight excluding hydrogens is 528 g/mol. The summed E-state index contributed by atoms with van der Waals surface area (Å²) < 4.78 is 5.11. The fourth-order valence-corrected chi connectivity index (χ4v) is 3.79.